The van der Waals surface area contributed by atoms with Gasteiger partial charge in [-0.2, -0.15) is 0 Å². The summed E-state index contributed by atoms with van der Waals surface area (Å²) < 4.78 is 16.6. The Morgan fingerprint density at radius 2 is 1.92 bits per heavy atom. The number of aromatic nitrogens is 1. The molecule has 0 saturated heterocycles. The number of nitrogens with one attached hydrogen (secondary N) is 1. The molecule has 0 spiro atoms. The SMILES string of the molecule is COc1ccc(NC(=O)CCOCC(C)C)cc1OCc1ccncc1. The second kappa shape index (κ2) is 10.4. The molecule has 6 nitrogen and oxygen atoms in total. The molecule has 2 aromatic rings. The van der Waals surface area contributed by atoms with Gasteiger partial charge < -0.3 is 19.5 Å². The molecule has 2 rings (SSSR count). The largest absolute Gasteiger partial charge is 0.493 e. The highest BCUT2D eigenvalue weighted by molar-refractivity contribution is 5.91. The molecule has 26 heavy (non-hydrogen) atoms. The minimum atomic E-state index is -0.0981. The molecule has 0 radical (unpaired) electrons. The third-order valence-corrected chi connectivity index (χ3v) is 3.52. The first-order valence-corrected chi connectivity index (χ1v) is 8.66. The smallest absolute Gasteiger partial charge is 0.226 e. The second-order valence-corrected chi connectivity index (χ2v) is 6.28. The van der Waals surface area contributed by atoms with Crippen LogP contribution in [0.2, 0.25) is 0 Å². The van der Waals surface area contributed by atoms with E-state index in [0.29, 0.717) is 49.3 Å². The summed E-state index contributed by atoms with van der Waals surface area (Å²) in [6.07, 6.45) is 3.74. The van der Waals surface area contributed by atoms with E-state index >= 15 is 0 Å². The molecule has 0 fully saturated rings. The molecule has 0 atom stereocenters. The van der Waals surface area contributed by atoms with Crippen LogP contribution in [0.3, 0.4) is 0 Å². The van der Waals surface area contributed by atoms with Gasteiger partial charge in [-0.15, -0.1) is 0 Å². The van der Waals surface area contributed by atoms with E-state index in [1.165, 1.54) is 0 Å². The Labute approximate surface area is 154 Å². The molecule has 0 unspecified atom stereocenters. The number of carbonyl (C=O) groups excluding carboxylic acids is 1. The van der Waals surface area contributed by atoms with Crippen molar-refractivity contribution in [2.45, 2.75) is 26.9 Å². The molecular weight excluding hydrogens is 332 g/mol. The number of nitrogens with zero attached hydrogens (tertiary/aromatic N) is 1. The number of methoxy groups -OCH3 is 1. The predicted octanol–water partition coefficient (Wildman–Crippen LogP) is 3.67. The quantitative estimate of drug-likeness (QED) is 0.656. The van der Waals surface area contributed by atoms with Crippen LogP contribution in [0.25, 0.3) is 0 Å². The van der Waals surface area contributed by atoms with Crippen LogP contribution in [0.4, 0.5) is 5.69 Å². The van der Waals surface area contributed by atoms with Crippen LogP contribution >= 0.6 is 0 Å². The van der Waals surface area contributed by atoms with Gasteiger partial charge in [0.2, 0.25) is 5.91 Å². The van der Waals surface area contributed by atoms with Gasteiger partial charge in [-0.1, -0.05) is 13.8 Å². The van der Waals surface area contributed by atoms with Gasteiger partial charge in [0.25, 0.3) is 0 Å². The zero-order valence-corrected chi connectivity index (χ0v) is 15.5. The van der Waals surface area contributed by atoms with Gasteiger partial charge in [-0.25, -0.2) is 0 Å². The van der Waals surface area contributed by atoms with E-state index in [1.54, 1.807) is 37.7 Å². The third kappa shape index (κ3) is 6.72. The van der Waals surface area contributed by atoms with E-state index in [-0.39, 0.29) is 5.91 Å². The van der Waals surface area contributed by atoms with Crippen LogP contribution in [0, 0.1) is 5.92 Å². The van der Waals surface area contributed by atoms with Crippen LogP contribution in [0.1, 0.15) is 25.8 Å². The summed E-state index contributed by atoms with van der Waals surface area (Å²) in [5.41, 5.74) is 1.66. The summed E-state index contributed by atoms with van der Waals surface area (Å²) in [6.45, 7) is 5.60. The number of hydrogen-bond acceptors (Lipinski definition) is 5. The number of amides is 1. The standard InChI is InChI=1S/C20H26N2O4/c1-15(2)13-25-11-8-20(23)22-17-4-5-18(24-3)19(12-17)26-14-16-6-9-21-10-7-16/h4-7,9-10,12,15H,8,11,13-14H2,1-3H3,(H,22,23). The lowest BCUT2D eigenvalue weighted by atomic mass is 10.2. The van der Waals surface area contributed by atoms with E-state index in [0.717, 1.165) is 5.56 Å². The van der Waals surface area contributed by atoms with Crippen LogP contribution in [0.15, 0.2) is 42.7 Å². The Hall–Kier alpha value is -2.60. The lowest BCUT2D eigenvalue weighted by Gasteiger charge is -2.13. The topological polar surface area (TPSA) is 69.7 Å². The Balaban J connectivity index is 1.91. The van der Waals surface area contributed by atoms with E-state index in [4.69, 9.17) is 14.2 Å². The molecule has 0 aliphatic carbocycles. The average molecular weight is 358 g/mol. The highest BCUT2D eigenvalue weighted by atomic mass is 16.5. The normalized spacial score (nSPS) is 10.6. The summed E-state index contributed by atoms with van der Waals surface area (Å²) in [5.74, 6) is 1.54. The lowest BCUT2D eigenvalue weighted by molar-refractivity contribution is -0.117. The zero-order chi connectivity index (χ0) is 18.8. The second-order valence-electron chi connectivity index (χ2n) is 6.28. The van der Waals surface area contributed by atoms with Gasteiger partial charge in [0.15, 0.2) is 11.5 Å². The highest BCUT2D eigenvalue weighted by Crippen LogP contribution is 2.31. The minimum Gasteiger partial charge on any atom is -0.493 e. The molecule has 6 heteroatoms. The number of rotatable bonds is 10. The fourth-order valence-corrected chi connectivity index (χ4v) is 2.21. The number of benzene rings is 1. The molecule has 140 valence electrons. The molecule has 0 aliphatic rings. The molecule has 1 aromatic heterocycles. The summed E-state index contributed by atoms with van der Waals surface area (Å²) >= 11 is 0. The maximum absolute atomic E-state index is 12.0. The number of hydrogen-bond donors (Lipinski definition) is 1. The van der Waals surface area contributed by atoms with Gasteiger partial charge in [-0.3, -0.25) is 9.78 Å². The van der Waals surface area contributed by atoms with Crippen molar-refractivity contribution < 1.29 is 19.0 Å². The molecule has 1 heterocycles. The number of anilines is 1. The van der Waals surface area contributed by atoms with Gasteiger partial charge >= 0.3 is 0 Å². The van der Waals surface area contributed by atoms with Crippen molar-refractivity contribution in [3.8, 4) is 11.5 Å². The fraction of sp³-hybridized carbons (Fsp3) is 0.400. The molecule has 1 N–H and O–H groups in total. The van der Waals surface area contributed by atoms with Crippen molar-refractivity contribution in [1.29, 1.82) is 0 Å². The van der Waals surface area contributed by atoms with Gasteiger partial charge in [-0.05, 0) is 35.7 Å². The van der Waals surface area contributed by atoms with Crippen molar-refractivity contribution in [2.24, 2.45) is 5.92 Å². The maximum Gasteiger partial charge on any atom is 0.226 e. The first kappa shape index (κ1) is 19.7. The van der Waals surface area contributed by atoms with Crippen molar-refractivity contribution in [3.05, 3.63) is 48.3 Å². The predicted molar refractivity (Wildman–Crippen MR) is 100 cm³/mol. The summed E-state index contributed by atoms with van der Waals surface area (Å²) in [4.78, 5) is 16.0. The van der Waals surface area contributed by atoms with E-state index in [9.17, 15) is 4.79 Å². The Morgan fingerprint density at radius 3 is 2.62 bits per heavy atom. The zero-order valence-electron chi connectivity index (χ0n) is 15.5. The molecule has 1 amide bonds. The first-order chi connectivity index (χ1) is 12.6. The van der Waals surface area contributed by atoms with Crippen molar-refractivity contribution in [2.75, 3.05) is 25.6 Å². The van der Waals surface area contributed by atoms with Crippen LogP contribution in [-0.2, 0) is 16.1 Å². The van der Waals surface area contributed by atoms with E-state index < -0.39 is 0 Å². The Morgan fingerprint density at radius 1 is 1.15 bits per heavy atom. The van der Waals surface area contributed by atoms with Gasteiger partial charge in [0.05, 0.1) is 20.1 Å². The minimum absolute atomic E-state index is 0.0981. The summed E-state index contributed by atoms with van der Waals surface area (Å²) in [5, 5.41) is 2.86. The molecule has 0 aliphatic heterocycles. The highest BCUT2D eigenvalue weighted by Gasteiger charge is 2.09. The summed E-state index contributed by atoms with van der Waals surface area (Å²) in [6, 6.07) is 9.08. The average Bonchev–Trinajstić information content (AvgIpc) is 2.64. The Bertz CT molecular complexity index is 689. The molecule has 1 aromatic carbocycles. The van der Waals surface area contributed by atoms with Gasteiger partial charge in [0, 0.05) is 30.8 Å². The summed E-state index contributed by atoms with van der Waals surface area (Å²) in [7, 11) is 1.58. The Kier molecular flexibility index (Phi) is 7.89. The fourth-order valence-electron chi connectivity index (χ4n) is 2.21. The van der Waals surface area contributed by atoms with Crippen LogP contribution in [0.5, 0.6) is 11.5 Å². The third-order valence-electron chi connectivity index (χ3n) is 3.52. The number of pyridine rings is 1. The number of ether oxygens (including phenoxy) is 3. The van der Waals surface area contributed by atoms with E-state index in [2.05, 4.69) is 24.1 Å². The van der Waals surface area contributed by atoms with Crippen molar-refractivity contribution in [3.63, 3.8) is 0 Å². The van der Waals surface area contributed by atoms with Crippen molar-refractivity contribution >= 4 is 11.6 Å². The maximum atomic E-state index is 12.0. The monoisotopic (exact) mass is 358 g/mol. The van der Waals surface area contributed by atoms with Gasteiger partial charge in [0.1, 0.15) is 6.61 Å². The van der Waals surface area contributed by atoms with Crippen molar-refractivity contribution in [1.82, 2.24) is 4.98 Å². The van der Waals surface area contributed by atoms with E-state index in [1.807, 2.05) is 12.1 Å². The molecule has 0 saturated carbocycles. The van der Waals surface area contributed by atoms with Crippen LogP contribution < -0.4 is 14.8 Å². The first-order valence-electron chi connectivity index (χ1n) is 8.66. The molecule has 0 bridgehead atoms. The number of carbonyl (C=O) groups is 1. The lowest BCUT2D eigenvalue weighted by Crippen LogP contribution is -2.15. The molecular formula is C20H26N2O4. The van der Waals surface area contributed by atoms with Crippen LogP contribution in [-0.4, -0.2) is 31.2 Å².